The smallest absolute Gasteiger partial charge is 0.176 e. The quantitative estimate of drug-likeness (QED) is 0.628. The van der Waals surface area contributed by atoms with Crippen LogP contribution < -0.4 is 0 Å². The summed E-state index contributed by atoms with van der Waals surface area (Å²) in [6.45, 7) is 4.18. The lowest BCUT2D eigenvalue weighted by molar-refractivity contribution is 0.0933. The molecule has 2 rings (SSSR count). The summed E-state index contributed by atoms with van der Waals surface area (Å²) in [5.41, 5.74) is 0.438. The number of carbonyl (C=O) groups excluding carboxylic acids is 1. The number of likely N-dealkylation sites (N-methyl/N-ethyl adjacent to an activating group) is 1. The van der Waals surface area contributed by atoms with Gasteiger partial charge < -0.3 is 15.1 Å². The molecule has 0 atom stereocenters. The van der Waals surface area contributed by atoms with Gasteiger partial charge in [0.05, 0.1) is 6.54 Å². The SMILES string of the molecule is CN1CCCN(CC(=O)c2ccc(O)c(O)c2)CC1. The lowest BCUT2D eigenvalue weighted by Gasteiger charge is -2.19. The van der Waals surface area contributed by atoms with Crippen LogP contribution in [0.2, 0.25) is 0 Å². The minimum absolute atomic E-state index is 0.0279. The fourth-order valence-electron chi connectivity index (χ4n) is 2.25. The van der Waals surface area contributed by atoms with Crippen LogP contribution in [0, 0.1) is 0 Å². The predicted octanol–water partition coefficient (Wildman–Crippen LogP) is 0.918. The summed E-state index contributed by atoms with van der Waals surface area (Å²) in [5, 5.41) is 18.6. The number of nitrogens with zero attached hydrogens (tertiary/aromatic N) is 2. The van der Waals surface area contributed by atoms with Crippen LogP contribution in [-0.2, 0) is 0 Å². The molecule has 1 aromatic carbocycles. The molecule has 5 heteroatoms. The van der Waals surface area contributed by atoms with E-state index >= 15 is 0 Å². The van der Waals surface area contributed by atoms with Crippen LogP contribution in [-0.4, -0.2) is 65.6 Å². The largest absolute Gasteiger partial charge is 0.504 e. The molecule has 1 aromatic rings. The highest BCUT2D eigenvalue weighted by molar-refractivity contribution is 5.98. The minimum Gasteiger partial charge on any atom is -0.504 e. The van der Waals surface area contributed by atoms with Gasteiger partial charge in [0, 0.05) is 18.7 Å². The molecule has 1 fully saturated rings. The maximum Gasteiger partial charge on any atom is 0.176 e. The molecule has 104 valence electrons. The third-order valence-electron chi connectivity index (χ3n) is 3.48. The van der Waals surface area contributed by atoms with E-state index in [0.29, 0.717) is 12.1 Å². The summed E-state index contributed by atoms with van der Waals surface area (Å²) in [7, 11) is 2.09. The van der Waals surface area contributed by atoms with E-state index in [1.807, 2.05) is 0 Å². The predicted molar refractivity (Wildman–Crippen MR) is 72.7 cm³/mol. The zero-order chi connectivity index (χ0) is 13.8. The first kappa shape index (κ1) is 13.8. The number of aromatic hydroxyl groups is 2. The van der Waals surface area contributed by atoms with Crippen LogP contribution in [0.15, 0.2) is 18.2 Å². The van der Waals surface area contributed by atoms with Crippen molar-refractivity contribution in [2.75, 3.05) is 39.8 Å². The minimum atomic E-state index is -0.249. The van der Waals surface area contributed by atoms with Gasteiger partial charge >= 0.3 is 0 Å². The van der Waals surface area contributed by atoms with E-state index in [4.69, 9.17) is 0 Å². The van der Waals surface area contributed by atoms with Crippen molar-refractivity contribution in [2.45, 2.75) is 6.42 Å². The molecule has 0 spiro atoms. The number of hydrogen-bond donors (Lipinski definition) is 2. The molecule has 0 aromatic heterocycles. The number of carbonyl (C=O) groups is 1. The molecule has 1 aliphatic heterocycles. The van der Waals surface area contributed by atoms with Gasteiger partial charge in [-0.2, -0.15) is 0 Å². The Morgan fingerprint density at radius 2 is 1.95 bits per heavy atom. The maximum atomic E-state index is 12.1. The molecular formula is C14H20N2O3. The monoisotopic (exact) mass is 264 g/mol. The molecule has 5 nitrogen and oxygen atoms in total. The first-order valence-electron chi connectivity index (χ1n) is 6.52. The van der Waals surface area contributed by atoms with Crippen molar-refractivity contribution < 1.29 is 15.0 Å². The van der Waals surface area contributed by atoms with Gasteiger partial charge in [0.1, 0.15) is 0 Å². The molecule has 0 aliphatic carbocycles. The molecule has 0 radical (unpaired) electrons. The van der Waals surface area contributed by atoms with Crippen molar-refractivity contribution in [2.24, 2.45) is 0 Å². The fourth-order valence-corrected chi connectivity index (χ4v) is 2.25. The third kappa shape index (κ3) is 3.68. The number of ketones is 1. The number of phenolic OH excluding ortho intramolecular Hbond substituents is 2. The third-order valence-corrected chi connectivity index (χ3v) is 3.48. The first-order valence-corrected chi connectivity index (χ1v) is 6.52. The summed E-state index contributed by atoms with van der Waals surface area (Å²) in [6.07, 6.45) is 1.06. The molecule has 1 saturated heterocycles. The van der Waals surface area contributed by atoms with Gasteiger partial charge in [-0.05, 0) is 44.8 Å². The van der Waals surface area contributed by atoms with E-state index in [1.165, 1.54) is 12.1 Å². The summed E-state index contributed by atoms with van der Waals surface area (Å²) in [6, 6.07) is 4.21. The number of benzene rings is 1. The Hall–Kier alpha value is -1.59. The Bertz CT molecular complexity index is 462. The number of Topliss-reactive ketones (excluding diaryl/α,β-unsaturated/α-hetero) is 1. The second-order valence-electron chi connectivity index (χ2n) is 5.06. The van der Waals surface area contributed by atoms with Gasteiger partial charge in [-0.1, -0.05) is 0 Å². The highest BCUT2D eigenvalue weighted by atomic mass is 16.3. The lowest BCUT2D eigenvalue weighted by atomic mass is 10.1. The Labute approximate surface area is 113 Å². The average Bonchev–Trinajstić information content (AvgIpc) is 2.58. The zero-order valence-corrected chi connectivity index (χ0v) is 11.2. The van der Waals surface area contributed by atoms with E-state index in [0.717, 1.165) is 32.6 Å². The van der Waals surface area contributed by atoms with Crippen molar-refractivity contribution in [1.82, 2.24) is 9.80 Å². The summed E-state index contributed by atoms with van der Waals surface area (Å²) in [4.78, 5) is 16.5. The number of rotatable bonds is 3. The lowest BCUT2D eigenvalue weighted by Crippen LogP contribution is -2.33. The molecule has 0 unspecified atom stereocenters. The Balaban J connectivity index is 1.98. The zero-order valence-electron chi connectivity index (χ0n) is 11.2. The normalized spacial score (nSPS) is 18.2. The van der Waals surface area contributed by atoms with E-state index in [-0.39, 0.29) is 17.3 Å². The van der Waals surface area contributed by atoms with Crippen LogP contribution in [0.3, 0.4) is 0 Å². The van der Waals surface area contributed by atoms with Gasteiger partial charge in [-0.25, -0.2) is 0 Å². The van der Waals surface area contributed by atoms with Gasteiger partial charge in [-0.15, -0.1) is 0 Å². The Kier molecular flexibility index (Phi) is 4.39. The van der Waals surface area contributed by atoms with E-state index in [1.54, 1.807) is 6.07 Å². The van der Waals surface area contributed by atoms with Crippen molar-refractivity contribution in [3.05, 3.63) is 23.8 Å². The fraction of sp³-hybridized carbons (Fsp3) is 0.500. The van der Waals surface area contributed by atoms with E-state index in [9.17, 15) is 15.0 Å². The van der Waals surface area contributed by atoms with Gasteiger partial charge in [-0.3, -0.25) is 9.69 Å². The molecular weight excluding hydrogens is 244 g/mol. The van der Waals surface area contributed by atoms with Gasteiger partial charge in [0.2, 0.25) is 0 Å². The average molecular weight is 264 g/mol. The topological polar surface area (TPSA) is 64.0 Å². The first-order chi connectivity index (χ1) is 9.06. The van der Waals surface area contributed by atoms with Crippen LogP contribution in [0.25, 0.3) is 0 Å². The van der Waals surface area contributed by atoms with Crippen LogP contribution >= 0.6 is 0 Å². The highest BCUT2D eigenvalue weighted by Crippen LogP contribution is 2.25. The number of hydrogen-bond acceptors (Lipinski definition) is 5. The van der Waals surface area contributed by atoms with Crippen molar-refractivity contribution >= 4 is 5.78 Å². The summed E-state index contributed by atoms with van der Waals surface area (Å²) in [5.74, 6) is -0.478. The van der Waals surface area contributed by atoms with Crippen LogP contribution in [0.4, 0.5) is 0 Å². The van der Waals surface area contributed by atoms with Crippen LogP contribution in [0.1, 0.15) is 16.8 Å². The molecule has 1 aliphatic rings. The van der Waals surface area contributed by atoms with Crippen molar-refractivity contribution in [3.63, 3.8) is 0 Å². The van der Waals surface area contributed by atoms with Gasteiger partial charge in [0.15, 0.2) is 17.3 Å². The molecule has 1 heterocycles. The molecule has 0 bridgehead atoms. The van der Waals surface area contributed by atoms with Gasteiger partial charge in [0.25, 0.3) is 0 Å². The van der Waals surface area contributed by atoms with Crippen molar-refractivity contribution in [3.8, 4) is 11.5 Å². The highest BCUT2D eigenvalue weighted by Gasteiger charge is 2.16. The van der Waals surface area contributed by atoms with Crippen LogP contribution in [0.5, 0.6) is 11.5 Å². The summed E-state index contributed by atoms with van der Waals surface area (Å²) < 4.78 is 0. The van der Waals surface area contributed by atoms with E-state index in [2.05, 4.69) is 16.8 Å². The molecule has 0 saturated carbocycles. The Morgan fingerprint density at radius 1 is 1.16 bits per heavy atom. The standard InChI is InChI=1S/C14H20N2O3/c1-15-5-2-6-16(8-7-15)10-14(19)11-3-4-12(17)13(18)9-11/h3-4,9,17-18H,2,5-8,10H2,1H3. The molecule has 19 heavy (non-hydrogen) atoms. The second kappa shape index (κ2) is 6.04. The maximum absolute atomic E-state index is 12.1. The molecule has 0 amide bonds. The second-order valence-corrected chi connectivity index (χ2v) is 5.06. The summed E-state index contributed by atoms with van der Waals surface area (Å²) >= 11 is 0. The number of phenols is 2. The van der Waals surface area contributed by atoms with Crippen molar-refractivity contribution in [1.29, 1.82) is 0 Å². The van der Waals surface area contributed by atoms with E-state index < -0.39 is 0 Å². The molecule has 2 N–H and O–H groups in total. The Morgan fingerprint density at radius 3 is 2.68 bits per heavy atom.